The predicted octanol–water partition coefficient (Wildman–Crippen LogP) is 3.34. The lowest BCUT2D eigenvalue weighted by molar-refractivity contribution is -0.109. The van der Waals surface area contributed by atoms with Crippen LogP contribution in [0.1, 0.15) is 24.0 Å². The highest BCUT2D eigenvalue weighted by molar-refractivity contribution is 5.64. The SMILES string of the molecule is CCOc1ccc(CC(C=O)c2ccc3c(c2)OCO3)cc1. The minimum atomic E-state index is -0.201. The lowest BCUT2D eigenvalue weighted by Crippen LogP contribution is -2.04. The summed E-state index contributed by atoms with van der Waals surface area (Å²) in [6, 6.07) is 13.5. The van der Waals surface area contributed by atoms with Crippen LogP contribution in [0.4, 0.5) is 0 Å². The Kier molecular flexibility index (Phi) is 4.28. The molecule has 1 heterocycles. The Morgan fingerprint density at radius 2 is 1.91 bits per heavy atom. The van der Waals surface area contributed by atoms with Gasteiger partial charge in [-0.1, -0.05) is 18.2 Å². The van der Waals surface area contributed by atoms with Crippen LogP contribution in [-0.4, -0.2) is 19.7 Å². The van der Waals surface area contributed by atoms with E-state index in [-0.39, 0.29) is 12.7 Å². The monoisotopic (exact) mass is 298 g/mol. The number of rotatable bonds is 6. The molecule has 114 valence electrons. The summed E-state index contributed by atoms with van der Waals surface area (Å²) < 4.78 is 16.1. The summed E-state index contributed by atoms with van der Waals surface area (Å²) in [5.74, 6) is 2.08. The van der Waals surface area contributed by atoms with Gasteiger partial charge in [0.05, 0.1) is 6.61 Å². The van der Waals surface area contributed by atoms with Gasteiger partial charge in [-0.3, -0.25) is 0 Å². The van der Waals surface area contributed by atoms with E-state index in [1.54, 1.807) is 0 Å². The van der Waals surface area contributed by atoms with Crippen molar-refractivity contribution in [1.82, 2.24) is 0 Å². The summed E-state index contributed by atoms with van der Waals surface area (Å²) in [4.78, 5) is 11.5. The smallest absolute Gasteiger partial charge is 0.231 e. The number of carbonyl (C=O) groups excluding carboxylic acids is 1. The Morgan fingerprint density at radius 1 is 1.14 bits per heavy atom. The number of fused-ring (bicyclic) bond motifs is 1. The molecule has 2 aromatic carbocycles. The molecule has 0 saturated heterocycles. The first kappa shape index (κ1) is 14.4. The fourth-order valence-corrected chi connectivity index (χ4v) is 2.53. The topological polar surface area (TPSA) is 44.8 Å². The van der Waals surface area contributed by atoms with Gasteiger partial charge in [0, 0.05) is 5.92 Å². The van der Waals surface area contributed by atoms with Gasteiger partial charge in [-0.25, -0.2) is 0 Å². The van der Waals surface area contributed by atoms with E-state index in [1.807, 2.05) is 49.4 Å². The van der Waals surface area contributed by atoms with E-state index in [2.05, 4.69) is 0 Å². The maximum atomic E-state index is 11.5. The molecule has 0 bridgehead atoms. The van der Waals surface area contributed by atoms with Crippen LogP contribution in [0.3, 0.4) is 0 Å². The largest absolute Gasteiger partial charge is 0.494 e. The number of hydrogen-bond donors (Lipinski definition) is 0. The van der Waals surface area contributed by atoms with Crippen molar-refractivity contribution in [2.45, 2.75) is 19.3 Å². The van der Waals surface area contributed by atoms with E-state index >= 15 is 0 Å². The Labute approximate surface area is 129 Å². The summed E-state index contributed by atoms with van der Waals surface area (Å²) in [6.07, 6.45) is 1.63. The van der Waals surface area contributed by atoms with Crippen LogP contribution in [0.5, 0.6) is 17.2 Å². The van der Waals surface area contributed by atoms with Gasteiger partial charge < -0.3 is 19.0 Å². The second-order valence-corrected chi connectivity index (χ2v) is 5.14. The third-order valence-electron chi connectivity index (χ3n) is 3.68. The van der Waals surface area contributed by atoms with E-state index < -0.39 is 0 Å². The summed E-state index contributed by atoms with van der Waals surface area (Å²) in [5, 5.41) is 0. The van der Waals surface area contributed by atoms with Gasteiger partial charge in [0.25, 0.3) is 0 Å². The number of carbonyl (C=O) groups is 1. The Bertz CT molecular complexity index is 649. The van der Waals surface area contributed by atoms with Crippen LogP contribution in [0, 0.1) is 0 Å². The number of ether oxygens (including phenoxy) is 3. The molecule has 1 atom stereocenters. The van der Waals surface area contributed by atoms with Crippen molar-refractivity contribution in [2.24, 2.45) is 0 Å². The maximum Gasteiger partial charge on any atom is 0.231 e. The minimum absolute atomic E-state index is 0.201. The van der Waals surface area contributed by atoms with Gasteiger partial charge in [0.15, 0.2) is 11.5 Å². The Hall–Kier alpha value is -2.49. The predicted molar refractivity (Wildman–Crippen MR) is 82.7 cm³/mol. The summed E-state index contributed by atoms with van der Waals surface area (Å²) in [7, 11) is 0. The van der Waals surface area contributed by atoms with Crippen molar-refractivity contribution in [3.63, 3.8) is 0 Å². The molecule has 0 aliphatic carbocycles. The molecule has 0 radical (unpaired) electrons. The van der Waals surface area contributed by atoms with Crippen molar-refractivity contribution in [3.8, 4) is 17.2 Å². The molecule has 3 rings (SSSR count). The van der Waals surface area contributed by atoms with E-state index in [1.165, 1.54) is 0 Å². The zero-order valence-corrected chi connectivity index (χ0v) is 12.5. The molecule has 4 nitrogen and oxygen atoms in total. The van der Waals surface area contributed by atoms with Gasteiger partial charge in [0.2, 0.25) is 6.79 Å². The zero-order valence-electron chi connectivity index (χ0n) is 12.5. The highest BCUT2D eigenvalue weighted by Crippen LogP contribution is 2.35. The van der Waals surface area contributed by atoms with Gasteiger partial charge in [-0.2, -0.15) is 0 Å². The third-order valence-corrected chi connectivity index (χ3v) is 3.68. The first-order valence-corrected chi connectivity index (χ1v) is 7.36. The molecule has 1 aliphatic rings. The number of benzene rings is 2. The van der Waals surface area contributed by atoms with Gasteiger partial charge >= 0.3 is 0 Å². The lowest BCUT2D eigenvalue weighted by Gasteiger charge is -2.12. The lowest BCUT2D eigenvalue weighted by atomic mass is 9.93. The molecular weight excluding hydrogens is 280 g/mol. The molecular formula is C18H18O4. The molecule has 0 saturated carbocycles. The number of hydrogen-bond acceptors (Lipinski definition) is 4. The average molecular weight is 298 g/mol. The Balaban J connectivity index is 1.75. The van der Waals surface area contributed by atoms with Crippen molar-refractivity contribution < 1.29 is 19.0 Å². The molecule has 0 spiro atoms. The molecule has 4 heteroatoms. The molecule has 0 aromatic heterocycles. The van der Waals surface area contributed by atoms with Crippen molar-refractivity contribution >= 4 is 6.29 Å². The van der Waals surface area contributed by atoms with E-state index in [4.69, 9.17) is 14.2 Å². The van der Waals surface area contributed by atoms with Gasteiger partial charge in [-0.05, 0) is 48.7 Å². The van der Waals surface area contributed by atoms with E-state index in [0.717, 1.165) is 28.9 Å². The van der Waals surface area contributed by atoms with Crippen LogP contribution in [0.15, 0.2) is 42.5 Å². The second-order valence-electron chi connectivity index (χ2n) is 5.14. The molecule has 1 unspecified atom stereocenters. The van der Waals surface area contributed by atoms with Crippen LogP contribution in [0.2, 0.25) is 0 Å². The van der Waals surface area contributed by atoms with Crippen LogP contribution >= 0.6 is 0 Å². The molecule has 0 amide bonds. The zero-order chi connectivity index (χ0) is 15.4. The van der Waals surface area contributed by atoms with Crippen LogP contribution < -0.4 is 14.2 Å². The van der Waals surface area contributed by atoms with Crippen molar-refractivity contribution in [1.29, 1.82) is 0 Å². The quantitative estimate of drug-likeness (QED) is 0.767. The molecule has 0 fully saturated rings. The van der Waals surface area contributed by atoms with E-state index in [0.29, 0.717) is 18.8 Å². The fourth-order valence-electron chi connectivity index (χ4n) is 2.53. The average Bonchev–Trinajstić information content (AvgIpc) is 3.02. The minimum Gasteiger partial charge on any atom is -0.494 e. The van der Waals surface area contributed by atoms with Gasteiger partial charge in [-0.15, -0.1) is 0 Å². The fraction of sp³-hybridized carbons (Fsp3) is 0.278. The second kappa shape index (κ2) is 6.52. The first-order chi connectivity index (χ1) is 10.8. The summed E-state index contributed by atoms with van der Waals surface area (Å²) in [5.41, 5.74) is 2.03. The normalized spacial score (nSPS) is 13.7. The molecule has 22 heavy (non-hydrogen) atoms. The highest BCUT2D eigenvalue weighted by Gasteiger charge is 2.18. The molecule has 2 aromatic rings. The molecule has 1 aliphatic heterocycles. The van der Waals surface area contributed by atoms with Gasteiger partial charge in [0.1, 0.15) is 12.0 Å². The molecule has 0 N–H and O–H groups in total. The van der Waals surface area contributed by atoms with Crippen LogP contribution in [-0.2, 0) is 11.2 Å². The Morgan fingerprint density at radius 3 is 2.64 bits per heavy atom. The third kappa shape index (κ3) is 3.06. The summed E-state index contributed by atoms with van der Waals surface area (Å²) >= 11 is 0. The van der Waals surface area contributed by atoms with Crippen molar-refractivity contribution in [2.75, 3.05) is 13.4 Å². The summed E-state index contributed by atoms with van der Waals surface area (Å²) in [6.45, 7) is 2.84. The van der Waals surface area contributed by atoms with Crippen molar-refractivity contribution in [3.05, 3.63) is 53.6 Å². The highest BCUT2D eigenvalue weighted by atomic mass is 16.7. The van der Waals surface area contributed by atoms with E-state index in [9.17, 15) is 4.79 Å². The standard InChI is InChI=1S/C18H18O4/c1-2-20-16-6-3-13(4-7-16)9-15(11-19)14-5-8-17-18(10-14)22-12-21-17/h3-8,10-11,15H,2,9,12H2,1H3. The van der Waals surface area contributed by atoms with Crippen LogP contribution in [0.25, 0.3) is 0 Å². The first-order valence-electron chi connectivity index (χ1n) is 7.36. The number of aldehydes is 1. The maximum absolute atomic E-state index is 11.5.